The van der Waals surface area contributed by atoms with Crippen LogP contribution in [-0.4, -0.2) is 20.2 Å². The minimum absolute atomic E-state index is 0.269. The number of rotatable bonds is 3. The number of fused-ring (bicyclic) bond motifs is 2. The smallest absolute Gasteiger partial charge is 0.123 e. The van der Waals surface area contributed by atoms with Gasteiger partial charge in [-0.25, -0.2) is 9.37 Å². The molecule has 0 saturated carbocycles. The normalized spacial score (nSPS) is 18.1. The highest BCUT2D eigenvalue weighted by molar-refractivity contribution is 6.11. The van der Waals surface area contributed by atoms with Crippen molar-refractivity contribution in [1.82, 2.24) is 14.5 Å². The summed E-state index contributed by atoms with van der Waals surface area (Å²) in [5, 5.41) is 12.7. The average molecular weight is 397 g/mol. The molecule has 2 aromatic heterocycles. The summed E-state index contributed by atoms with van der Waals surface area (Å²) in [5.74, 6) is 0.0973. The molecule has 0 fully saturated rings. The van der Waals surface area contributed by atoms with Crippen molar-refractivity contribution < 1.29 is 4.39 Å². The molecule has 5 rings (SSSR count). The summed E-state index contributed by atoms with van der Waals surface area (Å²) in [7, 11) is 1.95. The van der Waals surface area contributed by atoms with Crippen molar-refractivity contribution in [1.29, 1.82) is 5.41 Å². The van der Waals surface area contributed by atoms with Crippen molar-refractivity contribution in [3.05, 3.63) is 95.8 Å². The summed E-state index contributed by atoms with van der Waals surface area (Å²) in [6.45, 7) is 3.92. The highest BCUT2D eigenvalue weighted by atomic mass is 19.1. The first kappa shape index (κ1) is 18.2. The molecule has 1 aliphatic rings. The van der Waals surface area contributed by atoms with Crippen molar-refractivity contribution in [2.45, 2.75) is 12.0 Å². The van der Waals surface area contributed by atoms with Crippen LogP contribution in [0, 0.1) is 11.2 Å². The highest BCUT2D eigenvalue weighted by Crippen LogP contribution is 2.43. The number of hydrogen-bond acceptors (Lipinski definition) is 4. The summed E-state index contributed by atoms with van der Waals surface area (Å²) in [6.07, 6.45) is 5.23. The van der Waals surface area contributed by atoms with E-state index in [-0.39, 0.29) is 17.8 Å². The van der Waals surface area contributed by atoms with Crippen molar-refractivity contribution in [3.63, 3.8) is 0 Å². The lowest BCUT2D eigenvalue weighted by Crippen LogP contribution is -2.34. The molecule has 0 saturated heterocycles. The molecule has 2 atom stereocenters. The van der Waals surface area contributed by atoms with E-state index in [2.05, 4.69) is 16.9 Å². The van der Waals surface area contributed by atoms with Crippen LogP contribution in [0.3, 0.4) is 0 Å². The first-order valence-electron chi connectivity index (χ1n) is 9.71. The molecule has 5 nitrogen and oxygen atoms in total. The Morgan fingerprint density at radius 1 is 1.17 bits per heavy atom. The van der Waals surface area contributed by atoms with Crippen molar-refractivity contribution in [2.75, 3.05) is 5.32 Å². The summed E-state index contributed by atoms with van der Waals surface area (Å²) in [5.41, 5.74) is 5.67. The predicted octanol–water partition coefficient (Wildman–Crippen LogP) is 5.07. The second kappa shape index (κ2) is 6.91. The Labute approximate surface area is 173 Å². The van der Waals surface area contributed by atoms with Crippen LogP contribution in [0.25, 0.3) is 17.1 Å². The van der Waals surface area contributed by atoms with Gasteiger partial charge in [0.05, 0.1) is 29.4 Å². The first-order valence-corrected chi connectivity index (χ1v) is 9.71. The van der Waals surface area contributed by atoms with Gasteiger partial charge in [-0.05, 0) is 35.4 Å². The molecule has 2 unspecified atom stereocenters. The van der Waals surface area contributed by atoms with Gasteiger partial charge < -0.3 is 15.3 Å². The fraction of sp³-hybridized carbons (Fsp3) is 0.125. The SMILES string of the molecule is C=Cc1cccc2c1C(=N)C(c1nc3cnccc3n1C)C(c1ccc(F)cc1)N2. The van der Waals surface area contributed by atoms with E-state index in [9.17, 15) is 9.80 Å². The molecule has 4 aromatic rings. The molecule has 0 amide bonds. The number of pyridine rings is 1. The number of imidazole rings is 1. The minimum atomic E-state index is -0.374. The zero-order valence-corrected chi connectivity index (χ0v) is 16.4. The molecule has 2 N–H and O–H groups in total. The van der Waals surface area contributed by atoms with Crippen LogP contribution in [0.15, 0.2) is 67.5 Å². The molecule has 0 radical (unpaired) electrons. The molecule has 30 heavy (non-hydrogen) atoms. The van der Waals surface area contributed by atoms with Crippen LogP contribution in [0.4, 0.5) is 10.1 Å². The molecule has 0 aliphatic carbocycles. The van der Waals surface area contributed by atoms with E-state index >= 15 is 0 Å². The monoisotopic (exact) mass is 397 g/mol. The standard InChI is InChI=1S/C24H20FN5/c1-3-14-5-4-6-17-20(14)22(26)21(23(28-17)15-7-9-16(25)10-8-15)24-29-18-13-27-12-11-19(18)30(24)2/h3-13,21,23,26,28H,1H2,2H3. The quantitative estimate of drug-likeness (QED) is 0.507. The van der Waals surface area contributed by atoms with Crippen LogP contribution in [0.5, 0.6) is 0 Å². The largest absolute Gasteiger partial charge is 0.377 e. The Morgan fingerprint density at radius 3 is 2.70 bits per heavy atom. The van der Waals surface area contributed by atoms with Gasteiger partial charge in [0.25, 0.3) is 0 Å². The van der Waals surface area contributed by atoms with Crippen LogP contribution in [-0.2, 0) is 7.05 Å². The predicted molar refractivity (Wildman–Crippen MR) is 117 cm³/mol. The van der Waals surface area contributed by atoms with E-state index < -0.39 is 0 Å². The van der Waals surface area contributed by atoms with Gasteiger partial charge in [0.1, 0.15) is 17.2 Å². The molecule has 0 bridgehead atoms. The Balaban J connectivity index is 1.75. The van der Waals surface area contributed by atoms with Gasteiger partial charge in [0, 0.05) is 24.5 Å². The van der Waals surface area contributed by atoms with Gasteiger partial charge in [0.2, 0.25) is 0 Å². The second-order valence-corrected chi connectivity index (χ2v) is 7.43. The lowest BCUT2D eigenvalue weighted by molar-refractivity contribution is 0.619. The van der Waals surface area contributed by atoms with Crippen LogP contribution in [0.2, 0.25) is 0 Å². The molecular weight excluding hydrogens is 377 g/mol. The Kier molecular flexibility index (Phi) is 4.20. The second-order valence-electron chi connectivity index (χ2n) is 7.43. The first-order chi connectivity index (χ1) is 14.6. The molecule has 0 spiro atoms. The fourth-order valence-corrected chi connectivity index (χ4v) is 4.31. The lowest BCUT2D eigenvalue weighted by atomic mass is 9.79. The summed E-state index contributed by atoms with van der Waals surface area (Å²) >= 11 is 0. The van der Waals surface area contributed by atoms with Gasteiger partial charge in [-0.1, -0.05) is 36.9 Å². The molecule has 148 valence electrons. The molecule has 6 heteroatoms. The van der Waals surface area contributed by atoms with Gasteiger partial charge in [-0.3, -0.25) is 4.98 Å². The number of aromatic nitrogens is 3. The number of benzene rings is 2. The number of anilines is 1. The zero-order valence-electron chi connectivity index (χ0n) is 16.4. The van der Waals surface area contributed by atoms with Crippen molar-refractivity contribution >= 4 is 28.5 Å². The van der Waals surface area contributed by atoms with E-state index in [1.54, 1.807) is 30.6 Å². The maximum Gasteiger partial charge on any atom is 0.123 e. The van der Waals surface area contributed by atoms with Crippen LogP contribution < -0.4 is 5.32 Å². The number of hydrogen-bond donors (Lipinski definition) is 2. The number of aryl methyl sites for hydroxylation is 1. The molecule has 3 heterocycles. The van der Waals surface area contributed by atoms with Gasteiger partial charge in [-0.15, -0.1) is 0 Å². The van der Waals surface area contributed by atoms with Crippen LogP contribution in [0.1, 0.15) is 34.5 Å². The van der Waals surface area contributed by atoms with Gasteiger partial charge >= 0.3 is 0 Å². The molecular formula is C24H20FN5. The average Bonchev–Trinajstić information content (AvgIpc) is 3.10. The van der Waals surface area contributed by atoms with E-state index in [4.69, 9.17) is 4.98 Å². The Bertz CT molecular complexity index is 1290. The number of nitrogens with one attached hydrogen (secondary N) is 2. The topological polar surface area (TPSA) is 66.6 Å². The van der Waals surface area contributed by atoms with Gasteiger partial charge in [0.15, 0.2) is 0 Å². The van der Waals surface area contributed by atoms with E-state index in [0.717, 1.165) is 39.2 Å². The zero-order chi connectivity index (χ0) is 20.8. The third kappa shape index (κ3) is 2.72. The van der Waals surface area contributed by atoms with Gasteiger partial charge in [-0.2, -0.15) is 0 Å². The summed E-state index contributed by atoms with van der Waals surface area (Å²) in [4.78, 5) is 9.01. The Hall–Kier alpha value is -3.80. The van der Waals surface area contributed by atoms with E-state index in [0.29, 0.717) is 5.71 Å². The number of nitrogens with zero attached hydrogens (tertiary/aromatic N) is 3. The summed E-state index contributed by atoms with van der Waals surface area (Å²) in [6, 6.07) is 13.9. The Morgan fingerprint density at radius 2 is 1.97 bits per heavy atom. The van der Waals surface area contributed by atoms with Crippen LogP contribution >= 0.6 is 0 Å². The third-order valence-electron chi connectivity index (χ3n) is 5.77. The minimum Gasteiger partial charge on any atom is -0.377 e. The summed E-state index contributed by atoms with van der Waals surface area (Å²) < 4.78 is 15.6. The van der Waals surface area contributed by atoms with Crippen molar-refractivity contribution in [3.8, 4) is 0 Å². The number of halogens is 1. The van der Waals surface area contributed by atoms with E-state index in [1.807, 2.05) is 35.9 Å². The third-order valence-corrected chi connectivity index (χ3v) is 5.77. The lowest BCUT2D eigenvalue weighted by Gasteiger charge is -2.36. The molecule has 2 aromatic carbocycles. The molecule has 1 aliphatic heterocycles. The maximum atomic E-state index is 13.6. The maximum absolute atomic E-state index is 13.6. The highest BCUT2D eigenvalue weighted by Gasteiger charge is 2.38. The fourth-order valence-electron chi connectivity index (χ4n) is 4.31. The van der Waals surface area contributed by atoms with Crippen molar-refractivity contribution in [2.24, 2.45) is 7.05 Å². The van der Waals surface area contributed by atoms with E-state index in [1.165, 1.54) is 12.1 Å².